The third kappa shape index (κ3) is 2.88. The van der Waals surface area contributed by atoms with Crippen molar-refractivity contribution in [2.75, 3.05) is 0 Å². The van der Waals surface area contributed by atoms with E-state index in [9.17, 15) is 9.18 Å². The second-order valence-electron chi connectivity index (χ2n) is 4.13. The van der Waals surface area contributed by atoms with Crippen molar-refractivity contribution in [1.29, 1.82) is 0 Å². The third-order valence-corrected chi connectivity index (χ3v) is 4.65. The van der Waals surface area contributed by atoms with Crippen LogP contribution in [0.3, 0.4) is 0 Å². The summed E-state index contributed by atoms with van der Waals surface area (Å²) < 4.78 is 14.0. The minimum atomic E-state index is -0.505. The minimum Gasteiger partial charge on any atom is -0.348 e. The number of alkyl halides is 1. The highest BCUT2D eigenvalue weighted by molar-refractivity contribution is 9.10. The van der Waals surface area contributed by atoms with Crippen LogP contribution in [-0.2, 0) is 0 Å². The summed E-state index contributed by atoms with van der Waals surface area (Å²) in [6.45, 7) is 0. The Bertz CT molecular complexity index is 439. The van der Waals surface area contributed by atoms with E-state index in [1.54, 1.807) is 12.1 Å². The molecule has 2 rings (SSSR count). The lowest BCUT2D eigenvalue weighted by atomic mass is 10.1. The van der Waals surface area contributed by atoms with Crippen LogP contribution >= 0.6 is 31.9 Å². The highest BCUT2D eigenvalue weighted by atomic mass is 79.9. The highest BCUT2D eigenvalue weighted by Crippen LogP contribution is 2.26. The topological polar surface area (TPSA) is 29.1 Å². The van der Waals surface area contributed by atoms with E-state index in [0.717, 1.165) is 19.3 Å². The number of carbonyl (C=O) groups is 1. The van der Waals surface area contributed by atoms with Crippen LogP contribution in [0.2, 0.25) is 0 Å². The summed E-state index contributed by atoms with van der Waals surface area (Å²) in [6, 6.07) is 4.83. The van der Waals surface area contributed by atoms with Crippen molar-refractivity contribution in [3.8, 4) is 0 Å². The van der Waals surface area contributed by atoms with Gasteiger partial charge in [0.1, 0.15) is 5.82 Å². The molecule has 1 aromatic rings. The van der Waals surface area contributed by atoms with E-state index in [1.807, 2.05) is 0 Å². The molecule has 1 fully saturated rings. The maximum absolute atomic E-state index is 13.7. The van der Waals surface area contributed by atoms with Crippen molar-refractivity contribution >= 4 is 37.8 Å². The monoisotopic (exact) mass is 363 g/mol. The van der Waals surface area contributed by atoms with Crippen molar-refractivity contribution in [3.05, 3.63) is 34.1 Å². The molecule has 1 amide bonds. The third-order valence-electron chi connectivity index (χ3n) is 2.94. The molecule has 0 aromatic heterocycles. The average molecular weight is 365 g/mol. The van der Waals surface area contributed by atoms with Gasteiger partial charge in [0.2, 0.25) is 0 Å². The van der Waals surface area contributed by atoms with Crippen molar-refractivity contribution in [2.45, 2.75) is 30.1 Å². The van der Waals surface area contributed by atoms with Crippen molar-refractivity contribution in [3.63, 3.8) is 0 Å². The maximum atomic E-state index is 13.7. The molecule has 17 heavy (non-hydrogen) atoms. The zero-order valence-electron chi connectivity index (χ0n) is 9.05. The molecule has 1 aliphatic rings. The first kappa shape index (κ1) is 13.0. The Kier molecular flexibility index (Phi) is 4.20. The summed E-state index contributed by atoms with van der Waals surface area (Å²) >= 11 is 6.60. The molecule has 0 bridgehead atoms. The number of amides is 1. The fourth-order valence-corrected chi connectivity index (χ4v) is 3.09. The lowest BCUT2D eigenvalue weighted by Crippen LogP contribution is -2.38. The second-order valence-corrected chi connectivity index (χ2v) is 6.16. The van der Waals surface area contributed by atoms with Crippen LogP contribution in [0, 0.1) is 5.82 Å². The lowest BCUT2D eigenvalue weighted by molar-refractivity contribution is 0.0934. The zero-order chi connectivity index (χ0) is 12.4. The number of rotatable bonds is 2. The summed E-state index contributed by atoms with van der Waals surface area (Å²) in [5.41, 5.74) is 0.0889. The van der Waals surface area contributed by atoms with Crippen LogP contribution in [-0.4, -0.2) is 16.8 Å². The van der Waals surface area contributed by atoms with Crippen LogP contribution in [0.15, 0.2) is 22.7 Å². The highest BCUT2D eigenvalue weighted by Gasteiger charge is 2.27. The van der Waals surface area contributed by atoms with Gasteiger partial charge in [-0.2, -0.15) is 0 Å². The Morgan fingerprint density at radius 2 is 2.18 bits per heavy atom. The summed E-state index contributed by atoms with van der Waals surface area (Å²) in [6.07, 6.45) is 3.07. The van der Waals surface area contributed by atoms with Gasteiger partial charge in [0.05, 0.1) is 10.0 Å². The van der Waals surface area contributed by atoms with Gasteiger partial charge in [-0.25, -0.2) is 4.39 Å². The fraction of sp³-hybridized carbons (Fsp3) is 0.417. The average Bonchev–Trinajstić information content (AvgIpc) is 2.68. The molecule has 92 valence electrons. The van der Waals surface area contributed by atoms with E-state index in [1.165, 1.54) is 6.07 Å². The first-order chi connectivity index (χ1) is 8.09. The minimum absolute atomic E-state index is 0.0889. The Hall–Kier alpha value is -0.420. The zero-order valence-corrected chi connectivity index (χ0v) is 12.2. The molecule has 0 saturated heterocycles. The van der Waals surface area contributed by atoms with E-state index >= 15 is 0 Å². The molecule has 2 atom stereocenters. The molecule has 0 heterocycles. The number of hydrogen-bond acceptors (Lipinski definition) is 1. The quantitative estimate of drug-likeness (QED) is 0.797. The van der Waals surface area contributed by atoms with Gasteiger partial charge in [0, 0.05) is 10.9 Å². The molecule has 2 unspecified atom stereocenters. The maximum Gasteiger partial charge on any atom is 0.254 e. The number of nitrogens with one attached hydrogen (secondary N) is 1. The molecular weight excluding hydrogens is 353 g/mol. The molecule has 2 nitrogen and oxygen atoms in total. The molecule has 1 aliphatic carbocycles. The van der Waals surface area contributed by atoms with Gasteiger partial charge in [-0.1, -0.05) is 28.4 Å². The molecule has 1 N–H and O–H groups in total. The molecular formula is C12H12Br2FNO. The number of benzene rings is 1. The SMILES string of the molecule is O=C(NC1CCCC1Br)c1cccc(Br)c1F. The van der Waals surface area contributed by atoms with Crippen molar-refractivity contribution in [1.82, 2.24) is 5.32 Å². The molecule has 0 aliphatic heterocycles. The number of carbonyl (C=O) groups excluding carboxylic acids is 1. The Labute approximate surface area is 116 Å². The predicted octanol–water partition coefficient (Wildman–Crippen LogP) is 3.63. The Morgan fingerprint density at radius 1 is 1.41 bits per heavy atom. The first-order valence-electron chi connectivity index (χ1n) is 5.48. The summed E-state index contributed by atoms with van der Waals surface area (Å²) in [5, 5.41) is 2.87. The van der Waals surface area contributed by atoms with Gasteiger partial charge >= 0.3 is 0 Å². The van der Waals surface area contributed by atoms with E-state index < -0.39 is 5.82 Å². The van der Waals surface area contributed by atoms with Gasteiger partial charge in [-0.05, 0) is 40.9 Å². The van der Waals surface area contributed by atoms with Gasteiger partial charge in [0.25, 0.3) is 5.91 Å². The van der Waals surface area contributed by atoms with Crippen molar-refractivity contribution < 1.29 is 9.18 Å². The normalized spacial score (nSPS) is 23.7. The van der Waals surface area contributed by atoms with Crippen molar-refractivity contribution in [2.24, 2.45) is 0 Å². The lowest BCUT2D eigenvalue weighted by Gasteiger charge is -2.16. The van der Waals surface area contributed by atoms with Crippen LogP contribution in [0.5, 0.6) is 0 Å². The molecule has 0 spiro atoms. The van der Waals surface area contributed by atoms with E-state index in [2.05, 4.69) is 37.2 Å². The predicted molar refractivity (Wildman–Crippen MR) is 71.9 cm³/mol. The van der Waals surface area contributed by atoms with Gasteiger partial charge in [-0.3, -0.25) is 4.79 Å². The standard InChI is InChI=1S/C12H12Br2FNO/c13-8-4-2-6-10(8)16-12(17)7-3-1-5-9(14)11(7)15/h1,3,5,8,10H,2,4,6H2,(H,16,17). The summed E-state index contributed by atoms with van der Waals surface area (Å²) in [5.74, 6) is -0.853. The largest absolute Gasteiger partial charge is 0.348 e. The van der Waals surface area contributed by atoms with Crippen LogP contribution in [0.25, 0.3) is 0 Å². The molecule has 0 radical (unpaired) electrons. The molecule has 1 aromatic carbocycles. The first-order valence-corrected chi connectivity index (χ1v) is 7.19. The Morgan fingerprint density at radius 3 is 2.82 bits per heavy atom. The Balaban J connectivity index is 2.12. The number of halogens is 3. The van der Waals surface area contributed by atoms with Gasteiger partial charge in [-0.15, -0.1) is 0 Å². The fourth-order valence-electron chi connectivity index (χ4n) is 2.00. The van der Waals surface area contributed by atoms with Gasteiger partial charge in [0.15, 0.2) is 0 Å². The van der Waals surface area contributed by atoms with Crippen LogP contribution < -0.4 is 5.32 Å². The van der Waals surface area contributed by atoms with Crippen LogP contribution in [0.4, 0.5) is 4.39 Å². The van der Waals surface area contributed by atoms with E-state index in [0.29, 0.717) is 9.30 Å². The summed E-state index contributed by atoms with van der Waals surface area (Å²) in [4.78, 5) is 12.2. The van der Waals surface area contributed by atoms with E-state index in [4.69, 9.17) is 0 Å². The molecule has 5 heteroatoms. The van der Waals surface area contributed by atoms with Crippen LogP contribution in [0.1, 0.15) is 29.6 Å². The summed E-state index contributed by atoms with van der Waals surface area (Å²) in [7, 11) is 0. The van der Waals surface area contributed by atoms with E-state index in [-0.39, 0.29) is 17.5 Å². The number of hydrogen-bond donors (Lipinski definition) is 1. The smallest absolute Gasteiger partial charge is 0.254 e. The molecule has 1 saturated carbocycles. The van der Waals surface area contributed by atoms with Gasteiger partial charge < -0.3 is 5.32 Å². The second kappa shape index (κ2) is 5.48.